The number of carbonyl (C=O) groups excluding carboxylic acids is 1. The molecule has 1 amide bonds. The third-order valence-electron chi connectivity index (χ3n) is 2.47. The second-order valence-corrected chi connectivity index (χ2v) is 6.15. The van der Waals surface area contributed by atoms with Crippen molar-refractivity contribution in [1.82, 2.24) is 9.97 Å². The van der Waals surface area contributed by atoms with Gasteiger partial charge in [0.05, 0.1) is 0 Å². The first-order valence-electron chi connectivity index (χ1n) is 5.90. The quantitative estimate of drug-likeness (QED) is 0.747. The molecule has 0 spiro atoms. The summed E-state index contributed by atoms with van der Waals surface area (Å²) in [6.45, 7) is 0. The number of amides is 1. The maximum absolute atomic E-state index is 12.0. The lowest BCUT2D eigenvalue weighted by Crippen LogP contribution is -2.12. The molecule has 0 aliphatic heterocycles. The van der Waals surface area contributed by atoms with Crippen LogP contribution in [0.3, 0.4) is 0 Å². The Hall–Kier alpha value is -1.96. The Morgan fingerprint density at radius 3 is 2.90 bits per heavy atom. The minimum atomic E-state index is -0.277. The van der Waals surface area contributed by atoms with Gasteiger partial charge in [-0.05, 0) is 18.2 Å². The molecular weight excluding hydrogens is 328 g/mol. The van der Waals surface area contributed by atoms with E-state index < -0.39 is 0 Å². The zero-order valence-corrected chi connectivity index (χ0v) is 12.9. The van der Waals surface area contributed by atoms with E-state index in [2.05, 4.69) is 20.6 Å². The summed E-state index contributed by atoms with van der Waals surface area (Å²) in [4.78, 5) is 20.2. The van der Waals surface area contributed by atoms with Crippen molar-refractivity contribution in [2.75, 3.05) is 10.6 Å². The third-order valence-corrected chi connectivity index (χ3v) is 4.15. The van der Waals surface area contributed by atoms with E-state index in [9.17, 15) is 4.79 Å². The summed E-state index contributed by atoms with van der Waals surface area (Å²) in [5, 5.41) is 11.1. The van der Waals surface area contributed by atoms with Crippen LogP contribution in [-0.4, -0.2) is 15.9 Å². The Morgan fingerprint density at radius 1 is 1.24 bits per heavy atom. The van der Waals surface area contributed by atoms with Crippen LogP contribution in [0.1, 0.15) is 10.5 Å². The lowest BCUT2D eigenvalue weighted by atomic mass is 10.3. The van der Waals surface area contributed by atoms with E-state index in [-0.39, 0.29) is 5.91 Å². The predicted molar refractivity (Wildman–Crippen MR) is 86.9 cm³/mol. The van der Waals surface area contributed by atoms with Gasteiger partial charge < -0.3 is 5.32 Å². The van der Waals surface area contributed by atoms with Crippen LogP contribution in [0.2, 0.25) is 5.02 Å². The molecule has 0 bridgehead atoms. The van der Waals surface area contributed by atoms with Gasteiger partial charge in [-0.3, -0.25) is 10.1 Å². The van der Waals surface area contributed by atoms with Crippen molar-refractivity contribution in [1.29, 1.82) is 0 Å². The van der Waals surface area contributed by atoms with Gasteiger partial charge in [0.2, 0.25) is 0 Å². The smallest absolute Gasteiger partial charge is 0.276 e. The van der Waals surface area contributed by atoms with Gasteiger partial charge in [-0.25, -0.2) is 9.97 Å². The number of aromatic nitrogens is 2. The highest BCUT2D eigenvalue weighted by atomic mass is 35.5. The maximum atomic E-state index is 12.0. The van der Waals surface area contributed by atoms with E-state index in [1.54, 1.807) is 29.1 Å². The van der Waals surface area contributed by atoms with Gasteiger partial charge in [-0.2, -0.15) is 0 Å². The summed E-state index contributed by atoms with van der Waals surface area (Å²) in [6, 6.07) is 7.30. The first-order chi connectivity index (χ1) is 10.2. The Balaban J connectivity index is 1.70. The molecular formula is C13H9ClN4OS2. The van der Waals surface area contributed by atoms with E-state index in [4.69, 9.17) is 11.6 Å². The summed E-state index contributed by atoms with van der Waals surface area (Å²) in [5.74, 6) is -0.277. The molecule has 0 saturated heterocycles. The van der Waals surface area contributed by atoms with Gasteiger partial charge in [0.25, 0.3) is 5.91 Å². The topological polar surface area (TPSA) is 66.9 Å². The van der Waals surface area contributed by atoms with Crippen molar-refractivity contribution in [3.63, 3.8) is 0 Å². The average molecular weight is 337 g/mol. The van der Waals surface area contributed by atoms with Crippen molar-refractivity contribution in [2.24, 2.45) is 0 Å². The molecule has 0 saturated carbocycles. The van der Waals surface area contributed by atoms with Crippen LogP contribution in [0, 0.1) is 0 Å². The van der Waals surface area contributed by atoms with Crippen molar-refractivity contribution < 1.29 is 4.79 Å². The monoisotopic (exact) mass is 336 g/mol. The zero-order chi connectivity index (χ0) is 14.7. The molecule has 0 atom stereocenters. The maximum Gasteiger partial charge on any atom is 0.276 e. The van der Waals surface area contributed by atoms with Gasteiger partial charge in [-0.15, -0.1) is 22.7 Å². The Morgan fingerprint density at radius 2 is 2.14 bits per heavy atom. The molecule has 1 aromatic carbocycles. The Bertz CT molecular complexity index is 757. The van der Waals surface area contributed by atoms with Crippen molar-refractivity contribution in [2.45, 2.75) is 0 Å². The first kappa shape index (κ1) is 14.0. The van der Waals surface area contributed by atoms with E-state index in [0.29, 0.717) is 21.0 Å². The lowest BCUT2D eigenvalue weighted by Gasteiger charge is -2.02. The molecule has 2 heterocycles. The van der Waals surface area contributed by atoms with Crippen LogP contribution in [0.5, 0.6) is 0 Å². The SMILES string of the molecule is O=C(Nc1nccs1)c1csc(Nc2cccc(Cl)c2)n1. The Labute approximate surface area is 133 Å². The minimum absolute atomic E-state index is 0.277. The van der Waals surface area contributed by atoms with Crippen LogP contribution < -0.4 is 10.6 Å². The number of hydrogen-bond acceptors (Lipinski definition) is 6. The van der Waals surface area contributed by atoms with Crippen LogP contribution in [-0.2, 0) is 0 Å². The van der Waals surface area contributed by atoms with Crippen molar-refractivity contribution in [3.05, 3.63) is 51.9 Å². The molecule has 5 nitrogen and oxygen atoms in total. The summed E-state index contributed by atoms with van der Waals surface area (Å²) < 4.78 is 0. The van der Waals surface area contributed by atoms with Crippen molar-refractivity contribution >= 4 is 56.1 Å². The highest BCUT2D eigenvalue weighted by molar-refractivity contribution is 7.14. The Kier molecular flexibility index (Phi) is 4.14. The lowest BCUT2D eigenvalue weighted by molar-refractivity contribution is 0.102. The van der Waals surface area contributed by atoms with Crippen LogP contribution in [0.25, 0.3) is 0 Å². The van der Waals surface area contributed by atoms with E-state index in [0.717, 1.165) is 5.69 Å². The highest BCUT2D eigenvalue weighted by Crippen LogP contribution is 2.23. The molecule has 2 aromatic heterocycles. The molecule has 0 radical (unpaired) electrons. The van der Waals surface area contributed by atoms with Crippen LogP contribution >= 0.6 is 34.3 Å². The van der Waals surface area contributed by atoms with Gasteiger partial charge in [0, 0.05) is 27.7 Å². The number of benzene rings is 1. The van der Waals surface area contributed by atoms with Gasteiger partial charge in [0.15, 0.2) is 10.3 Å². The number of nitrogens with one attached hydrogen (secondary N) is 2. The van der Waals surface area contributed by atoms with E-state index in [1.807, 2.05) is 12.1 Å². The molecule has 0 aliphatic carbocycles. The number of nitrogens with zero attached hydrogens (tertiary/aromatic N) is 2. The number of hydrogen-bond donors (Lipinski definition) is 2. The number of anilines is 3. The van der Waals surface area contributed by atoms with E-state index in [1.165, 1.54) is 22.7 Å². The summed E-state index contributed by atoms with van der Waals surface area (Å²) in [5.41, 5.74) is 1.17. The number of rotatable bonds is 4. The number of halogens is 1. The van der Waals surface area contributed by atoms with Crippen molar-refractivity contribution in [3.8, 4) is 0 Å². The van der Waals surface area contributed by atoms with Gasteiger partial charge >= 0.3 is 0 Å². The fourth-order valence-corrected chi connectivity index (χ4v) is 3.00. The van der Waals surface area contributed by atoms with Gasteiger partial charge in [-0.1, -0.05) is 17.7 Å². The second kappa shape index (κ2) is 6.21. The number of thiazole rings is 2. The molecule has 0 unspecified atom stereocenters. The molecule has 8 heteroatoms. The normalized spacial score (nSPS) is 10.3. The molecule has 106 valence electrons. The molecule has 21 heavy (non-hydrogen) atoms. The first-order valence-corrected chi connectivity index (χ1v) is 8.03. The predicted octanol–water partition coefficient (Wildman–Crippen LogP) is 4.25. The molecule has 3 aromatic rings. The standard InChI is InChI=1S/C13H9ClN4OS2/c14-8-2-1-3-9(6-8)16-13-17-10(7-21-13)11(19)18-12-15-4-5-20-12/h1-7H,(H,16,17)(H,15,18,19). The average Bonchev–Trinajstić information content (AvgIpc) is 3.10. The highest BCUT2D eigenvalue weighted by Gasteiger charge is 2.12. The fourth-order valence-electron chi connectivity index (χ4n) is 1.57. The third kappa shape index (κ3) is 3.57. The largest absolute Gasteiger partial charge is 0.331 e. The minimum Gasteiger partial charge on any atom is -0.331 e. The number of carbonyl (C=O) groups is 1. The second-order valence-electron chi connectivity index (χ2n) is 3.96. The molecule has 0 fully saturated rings. The summed E-state index contributed by atoms with van der Waals surface area (Å²) in [6.07, 6.45) is 1.63. The summed E-state index contributed by atoms with van der Waals surface area (Å²) in [7, 11) is 0. The zero-order valence-electron chi connectivity index (χ0n) is 10.5. The molecule has 3 rings (SSSR count). The van der Waals surface area contributed by atoms with E-state index >= 15 is 0 Å². The molecule has 0 aliphatic rings. The van der Waals surface area contributed by atoms with Crippen LogP contribution in [0.4, 0.5) is 16.0 Å². The summed E-state index contributed by atoms with van der Waals surface area (Å²) >= 11 is 8.63. The van der Waals surface area contributed by atoms with Crippen LogP contribution in [0.15, 0.2) is 41.2 Å². The van der Waals surface area contributed by atoms with Gasteiger partial charge in [0.1, 0.15) is 5.69 Å². The molecule has 2 N–H and O–H groups in total. The fraction of sp³-hybridized carbons (Fsp3) is 0.